The van der Waals surface area contributed by atoms with E-state index in [2.05, 4.69) is 25.9 Å². The van der Waals surface area contributed by atoms with Gasteiger partial charge < -0.3 is 37.5 Å². The largest absolute Gasteiger partial charge is 0.480 e. The number of imidazole rings is 1. The zero-order valence-electron chi connectivity index (χ0n) is 20.6. The van der Waals surface area contributed by atoms with Gasteiger partial charge in [0, 0.05) is 24.7 Å². The first kappa shape index (κ1) is 29.0. The topological polar surface area (TPSA) is 222 Å². The third-order valence-corrected chi connectivity index (χ3v) is 5.51. The van der Waals surface area contributed by atoms with Crippen molar-refractivity contribution >= 4 is 29.6 Å². The fraction of sp³-hybridized carbons (Fsp3) is 0.417. The number of benzene rings is 1. The third-order valence-electron chi connectivity index (χ3n) is 5.51. The summed E-state index contributed by atoms with van der Waals surface area (Å²) in [5.41, 5.74) is 12.4. The van der Waals surface area contributed by atoms with Crippen LogP contribution in [-0.4, -0.2) is 68.8 Å². The number of nitrogens with two attached hydrogens (primary N) is 2. The second-order valence-corrected chi connectivity index (χ2v) is 8.94. The summed E-state index contributed by atoms with van der Waals surface area (Å²) in [6.45, 7) is 3.43. The Hall–Kier alpha value is -4.26. The van der Waals surface area contributed by atoms with E-state index >= 15 is 0 Å². The van der Waals surface area contributed by atoms with E-state index in [1.165, 1.54) is 12.5 Å². The highest BCUT2D eigenvalue weighted by Crippen LogP contribution is 2.08. The van der Waals surface area contributed by atoms with Gasteiger partial charge in [0.2, 0.25) is 23.6 Å². The van der Waals surface area contributed by atoms with Gasteiger partial charge in [-0.15, -0.1) is 0 Å². The molecular weight excluding hydrogens is 482 g/mol. The number of aromatic nitrogens is 2. The van der Waals surface area contributed by atoms with Gasteiger partial charge in [0.15, 0.2) is 0 Å². The van der Waals surface area contributed by atoms with Crippen LogP contribution in [-0.2, 0) is 36.8 Å². The molecule has 0 aliphatic rings. The van der Waals surface area contributed by atoms with E-state index in [1.807, 2.05) is 0 Å². The van der Waals surface area contributed by atoms with E-state index in [4.69, 9.17) is 11.5 Å². The van der Waals surface area contributed by atoms with Crippen LogP contribution in [0.2, 0.25) is 0 Å². The van der Waals surface area contributed by atoms with Crippen LogP contribution in [0.3, 0.4) is 0 Å². The molecule has 2 rings (SSSR count). The highest BCUT2D eigenvalue weighted by atomic mass is 16.4. The lowest BCUT2D eigenvalue weighted by Gasteiger charge is -2.27. The average Bonchev–Trinajstić information content (AvgIpc) is 3.34. The van der Waals surface area contributed by atoms with Crippen LogP contribution >= 0.6 is 0 Å². The van der Waals surface area contributed by atoms with Crippen LogP contribution in [0.15, 0.2) is 42.9 Å². The lowest BCUT2D eigenvalue weighted by Crippen LogP contribution is -2.59. The van der Waals surface area contributed by atoms with Crippen molar-refractivity contribution in [3.05, 3.63) is 54.1 Å². The van der Waals surface area contributed by atoms with Gasteiger partial charge in [-0.3, -0.25) is 19.2 Å². The van der Waals surface area contributed by atoms with Crippen LogP contribution in [0.4, 0.5) is 0 Å². The molecule has 1 heterocycles. The summed E-state index contributed by atoms with van der Waals surface area (Å²) in [4.78, 5) is 68.4. The maximum absolute atomic E-state index is 13.2. The smallest absolute Gasteiger partial charge is 0.326 e. The summed E-state index contributed by atoms with van der Waals surface area (Å²) in [6, 6.07) is 3.98. The van der Waals surface area contributed by atoms with Gasteiger partial charge in [0.05, 0.1) is 18.8 Å². The van der Waals surface area contributed by atoms with Crippen molar-refractivity contribution in [3.63, 3.8) is 0 Å². The molecule has 9 N–H and O–H groups in total. The van der Waals surface area contributed by atoms with E-state index in [9.17, 15) is 29.1 Å². The Morgan fingerprint density at radius 1 is 0.946 bits per heavy atom. The summed E-state index contributed by atoms with van der Waals surface area (Å²) in [7, 11) is 0. The second-order valence-electron chi connectivity index (χ2n) is 8.94. The molecule has 13 heteroatoms. The van der Waals surface area contributed by atoms with Crippen molar-refractivity contribution in [2.24, 2.45) is 17.4 Å². The Kier molecular flexibility index (Phi) is 10.8. The summed E-state index contributed by atoms with van der Waals surface area (Å²) in [5.74, 6) is -4.78. The monoisotopic (exact) mass is 515 g/mol. The van der Waals surface area contributed by atoms with Crippen molar-refractivity contribution in [1.29, 1.82) is 0 Å². The SMILES string of the molecule is CC(C)C(NC(=O)C(N)Cc1cnc[nH]1)C(=O)NC(Cc1ccccc1)C(=O)NC(CC(N)=O)C(=O)O. The zero-order chi connectivity index (χ0) is 27.5. The molecule has 0 aliphatic heterocycles. The van der Waals surface area contributed by atoms with Gasteiger partial charge in [-0.25, -0.2) is 9.78 Å². The molecule has 4 amide bonds. The predicted octanol–water partition coefficient (Wildman–Crippen LogP) is -1.41. The van der Waals surface area contributed by atoms with Crippen molar-refractivity contribution in [3.8, 4) is 0 Å². The van der Waals surface area contributed by atoms with E-state index in [1.54, 1.807) is 44.2 Å². The van der Waals surface area contributed by atoms with E-state index in [0.717, 1.165) is 0 Å². The summed E-state index contributed by atoms with van der Waals surface area (Å²) in [5, 5.41) is 16.8. The molecule has 37 heavy (non-hydrogen) atoms. The van der Waals surface area contributed by atoms with Gasteiger partial charge in [0.1, 0.15) is 18.1 Å². The number of carbonyl (C=O) groups excluding carboxylic acids is 4. The maximum atomic E-state index is 13.2. The number of carbonyl (C=O) groups is 5. The minimum Gasteiger partial charge on any atom is -0.480 e. The molecule has 4 unspecified atom stereocenters. The number of aliphatic carboxylic acids is 1. The Morgan fingerprint density at radius 2 is 1.59 bits per heavy atom. The summed E-state index contributed by atoms with van der Waals surface area (Å²) < 4.78 is 0. The van der Waals surface area contributed by atoms with Gasteiger partial charge in [-0.2, -0.15) is 0 Å². The lowest BCUT2D eigenvalue weighted by molar-refractivity contribution is -0.143. The standard InChI is InChI=1S/C24H33N7O6/c1-13(2)20(31-21(33)16(25)9-15-11-27-12-28-15)23(35)29-17(8-14-6-4-3-5-7-14)22(34)30-18(24(36)37)10-19(26)32/h3-7,11-13,16-18,20H,8-10,25H2,1-2H3,(H2,26,32)(H,27,28)(H,29,35)(H,30,34)(H,31,33)(H,36,37). The number of hydrogen-bond acceptors (Lipinski definition) is 7. The van der Waals surface area contributed by atoms with Crippen LogP contribution in [0.1, 0.15) is 31.5 Å². The maximum Gasteiger partial charge on any atom is 0.326 e. The molecule has 0 fully saturated rings. The molecule has 0 saturated heterocycles. The fourth-order valence-corrected chi connectivity index (χ4v) is 3.52. The molecule has 1 aromatic heterocycles. The Morgan fingerprint density at radius 3 is 2.14 bits per heavy atom. The molecule has 200 valence electrons. The van der Waals surface area contributed by atoms with E-state index in [-0.39, 0.29) is 18.8 Å². The highest BCUT2D eigenvalue weighted by Gasteiger charge is 2.32. The first-order valence-corrected chi connectivity index (χ1v) is 11.7. The first-order valence-electron chi connectivity index (χ1n) is 11.7. The molecule has 1 aromatic carbocycles. The van der Waals surface area contributed by atoms with Gasteiger partial charge in [-0.05, 0) is 11.5 Å². The molecular formula is C24H33N7O6. The zero-order valence-corrected chi connectivity index (χ0v) is 20.6. The minimum atomic E-state index is -1.57. The Bertz CT molecular complexity index is 1070. The fourth-order valence-electron chi connectivity index (χ4n) is 3.52. The van der Waals surface area contributed by atoms with Crippen LogP contribution in [0, 0.1) is 5.92 Å². The molecule has 0 aliphatic carbocycles. The number of nitrogens with one attached hydrogen (secondary N) is 4. The molecule has 2 aromatic rings. The number of rotatable bonds is 14. The summed E-state index contributed by atoms with van der Waals surface area (Å²) >= 11 is 0. The number of carboxylic acids is 1. The number of aromatic amines is 1. The van der Waals surface area contributed by atoms with E-state index in [0.29, 0.717) is 11.3 Å². The number of hydrogen-bond donors (Lipinski definition) is 7. The lowest BCUT2D eigenvalue weighted by atomic mass is 10.00. The van der Waals surface area contributed by atoms with Crippen molar-refractivity contribution in [2.75, 3.05) is 0 Å². The van der Waals surface area contributed by atoms with Crippen LogP contribution < -0.4 is 27.4 Å². The minimum absolute atomic E-state index is 0.0272. The molecule has 0 bridgehead atoms. The molecule has 0 radical (unpaired) electrons. The molecule has 0 saturated carbocycles. The van der Waals surface area contributed by atoms with Crippen LogP contribution in [0.25, 0.3) is 0 Å². The predicted molar refractivity (Wildman–Crippen MR) is 132 cm³/mol. The van der Waals surface area contributed by atoms with Gasteiger partial charge >= 0.3 is 5.97 Å². The Balaban J connectivity index is 2.17. The van der Waals surface area contributed by atoms with Crippen LogP contribution in [0.5, 0.6) is 0 Å². The van der Waals surface area contributed by atoms with E-state index < -0.39 is 60.2 Å². The third kappa shape index (κ3) is 9.37. The molecule has 13 nitrogen and oxygen atoms in total. The molecule has 0 spiro atoms. The van der Waals surface area contributed by atoms with Crippen molar-refractivity contribution < 1.29 is 29.1 Å². The van der Waals surface area contributed by atoms with Gasteiger partial charge in [0.25, 0.3) is 0 Å². The van der Waals surface area contributed by atoms with Crippen molar-refractivity contribution in [2.45, 2.75) is 57.3 Å². The molecule has 4 atom stereocenters. The normalized spacial score (nSPS) is 14.2. The second kappa shape index (κ2) is 13.7. The van der Waals surface area contributed by atoms with Gasteiger partial charge in [-0.1, -0.05) is 44.2 Å². The first-order chi connectivity index (χ1) is 17.5. The average molecular weight is 516 g/mol. The van der Waals surface area contributed by atoms with Crippen molar-refractivity contribution in [1.82, 2.24) is 25.9 Å². The quantitative estimate of drug-likeness (QED) is 0.158. The number of carboxylic acid groups (broad SMARTS) is 1. The number of primary amides is 1. The Labute approximate surface area is 213 Å². The highest BCUT2D eigenvalue weighted by molar-refractivity contribution is 5.95. The summed E-state index contributed by atoms with van der Waals surface area (Å²) in [6.07, 6.45) is 2.58. The number of H-pyrrole nitrogens is 1. The number of amides is 4. The number of nitrogens with zero attached hydrogens (tertiary/aromatic N) is 1.